The van der Waals surface area contributed by atoms with Crippen LogP contribution >= 0.6 is 0 Å². The largest absolute Gasteiger partial charge is 0.274 e. The fraction of sp³-hybridized carbons (Fsp3) is 0.278. The maximum absolute atomic E-state index is 13.0. The number of benzene rings is 1. The Morgan fingerprint density at radius 2 is 1.69 bits per heavy atom. The first-order chi connectivity index (χ1) is 12.3. The van der Waals surface area contributed by atoms with Crippen LogP contribution in [0.5, 0.6) is 0 Å². The van der Waals surface area contributed by atoms with Crippen LogP contribution in [-0.2, 0) is 9.84 Å². The molecule has 0 spiro atoms. The predicted octanol–water partition coefficient (Wildman–Crippen LogP) is 1.70. The first kappa shape index (κ1) is 18.1. The standard InChI is InChI=1S/C18H19N3O4S/c1-13-10-14(12-19-11-13)17(22)20-8-5-9-21(20)18(23)15-6-3-4-7-16(15)26(2,24)25/h3-4,6-7,10-12H,5,8-9H2,1-2H3. The summed E-state index contributed by atoms with van der Waals surface area (Å²) in [5, 5.41) is 2.67. The lowest BCUT2D eigenvalue weighted by molar-refractivity contribution is 0.0183. The van der Waals surface area contributed by atoms with E-state index < -0.39 is 15.7 Å². The van der Waals surface area contributed by atoms with Crippen molar-refractivity contribution in [3.63, 3.8) is 0 Å². The summed E-state index contributed by atoms with van der Waals surface area (Å²) in [5.41, 5.74) is 1.30. The zero-order valence-corrected chi connectivity index (χ0v) is 15.4. The van der Waals surface area contributed by atoms with E-state index in [0.29, 0.717) is 25.1 Å². The molecule has 0 N–H and O–H groups in total. The second kappa shape index (κ2) is 6.87. The van der Waals surface area contributed by atoms with Gasteiger partial charge in [0.05, 0.1) is 16.0 Å². The van der Waals surface area contributed by atoms with E-state index in [9.17, 15) is 18.0 Å². The summed E-state index contributed by atoms with van der Waals surface area (Å²) in [7, 11) is -3.56. The normalized spacial score (nSPS) is 14.5. The molecule has 0 atom stereocenters. The Morgan fingerprint density at radius 1 is 1.04 bits per heavy atom. The van der Waals surface area contributed by atoms with Gasteiger partial charge in [-0.1, -0.05) is 12.1 Å². The molecule has 8 heteroatoms. The highest BCUT2D eigenvalue weighted by atomic mass is 32.2. The summed E-state index contributed by atoms with van der Waals surface area (Å²) >= 11 is 0. The van der Waals surface area contributed by atoms with E-state index >= 15 is 0 Å². The van der Waals surface area contributed by atoms with Crippen LogP contribution in [0.15, 0.2) is 47.6 Å². The number of rotatable bonds is 3. The average Bonchev–Trinajstić information content (AvgIpc) is 3.09. The summed E-state index contributed by atoms with van der Waals surface area (Å²) in [6, 6.07) is 7.75. The minimum atomic E-state index is -3.56. The third kappa shape index (κ3) is 3.45. The molecular weight excluding hydrogens is 354 g/mol. The lowest BCUT2D eigenvalue weighted by Crippen LogP contribution is -2.45. The van der Waals surface area contributed by atoms with Crippen LogP contribution in [-0.4, -0.2) is 54.6 Å². The Hall–Kier alpha value is -2.74. The second-order valence-electron chi connectivity index (χ2n) is 6.23. The number of nitrogens with zero attached hydrogens (tertiary/aromatic N) is 3. The number of hydrogen-bond donors (Lipinski definition) is 0. The van der Waals surface area contributed by atoms with Crippen LogP contribution in [0.3, 0.4) is 0 Å². The van der Waals surface area contributed by atoms with Crippen molar-refractivity contribution in [3.8, 4) is 0 Å². The molecule has 0 bridgehead atoms. The molecule has 26 heavy (non-hydrogen) atoms. The first-order valence-corrected chi connectivity index (χ1v) is 10.0. The van der Waals surface area contributed by atoms with E-state index in [1.807, 2.05) is 6.92 Å². The van der Waals surface area contributed by atoms with Gasteiger partial charge in [0.25, 0.3) is 11.8 Å². The van der Waals surface area contributed by atoms with Crippen LogP contribution in [0.4, 0.5) is 0 Å². The van der Waals surface area contributed by atoms with Gasteiger partial charge in [-0.2, -0.15) is 0 Å². The molecule has 1 aromatic heterocycles. The molecule has 0 saturated carbocycles. The van der Waals surface area contributed by atoms with E-state index in [2.05, 4.69) is 4.98 Å². The van der Waals surface area contributed by atoms with E-state index in [1.165, 1.54) is 28.3 Å². The molecule has 3 rings (SSSR count). The van der Waals surface area contributed by atoms with Crippen LogP contribution in [0.2, 0.25) is 0 Å². The maximum Gasteiger partial charge on any atom is 0.274 e. The van der Waals surface area contributed by atoms with Gasteiger partial charge < -0.3 is 0 Å². The minimum Gasteiger partial charge on any atom is -0.267 e. The molecule has 1 aromatic carbocycles. The van der Waals surface area contributed by atoms with Crippen LogP contribution < -0.4 is 0 Å². The highest BCUT2D eigenvalue weighted by Gasteiger charge is 2.33. The number of pyridine rings is 1. The Morgan fingerprint density at radius 3 is 2.35 bits per heavy atom. The average molecular weight is 373 g/mol. The highest BCUT2D eigenvalue weighted by Crippen LogP contribution is 2.22. The Bertz CT molecular complexity index is 972. The number of sulfone groups is 1. The van der Waals surface area contributed by atoms with E-state index in [1.54, 1.807) is 24.4 Å². The lowest BCUT2D eigenvalue weighted by atomic mass is 10.2. The summed E-state index contributed by atoms with van der Waals surface area (Å²) < 4.78 is 24.0. The number of carbonyl (C=O) groups excluding carboxylic acids is 2. The van der Waals surface area contributed by atoms with Gasteiger partial charge in [0.2, 0.25) is 0 Å². The Balaban J connectivity index is 1.94. The van der Waals surface area contributed by atoms with Crippen LogP contribution in [0.25, 0.3) is 0 Å². The van der Waals surface area contributed by atoms with E-state index in [4.69, 9.17) is 0 Å². The third-order valence-corrected chi connectivity index (χ3v) is 5.29. The first-order valence-electron chi connectivity index (χ1n) is 8.13. The number of aromatic nitrogens is 1. The molecule has 1 aliphatic heterocycles. The molecule has 1 aliphatic rings. The number of hydrogen-bond acceptors (Lipinski definition) is 5. The molecule has 1 fully saturated rings. The summed E-state index contributed by atoms with van der Waals surface area (Å²) in [4.78, 5) is 29.8. The molecule has 0 aliphatic carbocycles. The van der Waals surface area contributed by atoms with Crippen molar-refractivity contribution in [2.75, 3.05) is 19.3 Å². The number of hydrazine groups is 1. The summed E-state index contributed by atoms with van der Waals surface area (Å²) in [5.74, 6) is -0.832. The Labute approximate surface area is 152 Å². The van der Waals surface area contributed by atoms with Gasteiger partial charge in [0.15, 0.2) is 9.84 Å². The van der Waals surface area contributed by atoms with E-state index in [-0.39, 0.29) is 16.4 Å². The number of amides is 2. The predicted molar refractivity (Wildman–Crippen MR) is 95.2 cm³/mol. The molecule has 2 amide bonds. The zero-order chi connectivity index (χ0) is 18.9. The fourth-order valence-corrected chi connectivity index (χ4v) is 3.84. The van der Waals surface area contributed by atoms with Gasteiger partial charge in [0.1, 0.15) is 0 Å². The smallest absolute Gasteiger partial charge is 0.267 e. The van der Waals surface area contributed by atoms with Crippen LogP contribution in [0.1, 0.15) is 32.7 Å². The van der Waals surface area contributed by atoms with Crippen molar-refractivity contribution in [3.05, 3.63) is 59.4 Å². The molecular formula is C18H19N3O4S. The van der Waals surface area contributed by atoms with Crippen molar-refractivity contribution in [2.24, 2.45) is 0 Å². The molecule has 2 aromatic rings. The lowest BCUT2D eigenvalue weighted by Gasteiger charge is -2.28. The van der Waals surface area contributed by atoms with E-state index in [0.717, 1.165) is 11.8 Å². The van der Waals surface area contributed by atoms with Gasteiger partial charge >= 0.3 is 0 Å². The van der Waals surface area contributed by atoms with Crippen molar-refractivity contribution in [1.29, 1.82) is 0 Å². The van der Waals surface area contributed by atoms with Crippen molar-refractivity contribution >= 4 is 21.7 Å². The van der Waals surface area contributed by atoms with Gasteiger partial charge in [-0.25, -0.2) is 18.4 Å². The fourth-order valence-electron chi connectivity index (χ4n) is 2.96. The van der Waals surface area contributed by atoms with Crippen molar-refractivity contribution in [1.82, 2.24) is 15.0 Å². The molecule has 0 unspecified atom stereocenters. The third-order valence-electron chi connectivity index (χ3n) is 4.14. The van der Waals surface area contributed by atoms with Gasteiger partial charge in [0, 0.05) is 31.7 Å². The van der Waals surface area contributed by atoms with Crippen molar-refractivity contribution in [2.45, 2.75) is 18.2 Å². The van der Waals surface area contributed by atoms with Gasteiger partial charge in [-0.05, 0) is 37.1 Å². The SMILES string of the molecule is Cc1cncc(C(=O)N2CCCN2C(=O)c2ccccc2S(C)(=O)=O)c1. The van der Waals surface area contributed by atoms with Gasteiger partial charge in [-0.3, -0.25) is 14.6 Å². The van der Waals surface area contributed by atoms with Crippen LogP contribution in [0, 0.1) is 6.92 Å². The van der Waals surface area contributed by atoms with Gasteiger partial charge in [-0.15, -0.1) is 0 Å². The molecule has 1 saturated heterocycles. The molecule has 2 heterocycles. The number of aryl methyl sites for hydroxylation is 1. The summed E-state index contributed by atoms with van der Waals surface area (Å²) in [6.45, 7) is 2.57. The second-order valence-corrected chi connectivity index (χ2v) is 8.21. The van der Waals surface area contributed by atoms with Crippen molar-refractivity contribution < 1.29 is 18.0 Å². The topological polar surface area (TPSA) is 87.7 Å². The monoisotopic (exact) mass is 373 g/mol. The summed E-state index contributed by atoms with van der Waals surface area (Å²) in [6.07, 6.45) is 4.79. The molecule has 136 valence electrons. The highest BCUT2D eigenvalue weighted by molar-refractivity contribution is 7.90. The quantitative estimate of drug-likeness (QED) is 0.817. The maximum atomic E-state index is 13.0. The molecule has 0 radical (unpaired) electrons. The number of carbonyl (C=O) groups is 2. The molecule has 7 nitrogen and oxygen atoms in total. The Kier molecular flexibility index (Phi) is 4.78. The minimum absolute atomic E-state index is 0.0403. The zero-order valence-electron chi connectivity index (χ0n) is 14.5.